The van der Waals surface area contributed by atoms with Crippen molar-refractivity contribution in [1.82, 2.24) is 9.55 Å². The maximum absolute atomic E-state index is 12.1. The van der Waals surface area contributed by atoms with Crippen molar-refractivity contribution in [3.05, 3.63) is 41.5 Å². The SMILES string of the molecule is C#Cc1cc(-n2cnc(C)c2)c(S(C)(=O)=O)cc1C(=O)N=C(N)N. The molecule has 0 spiro atoms. The molecule has 0 saturated carbocycles. The van der Waals surface area contributed by atoms with Crippen LogP contribution in [-0.2, 0) is 9.84 Å². The molecule has 9 heteroatoms. The maximum atomic E-state index is 12.1. The second kappa shape index (κ2) is 6.17. The van der Waals surface area contributed by atoms with Crippen molar-refractivity contribution in [2.24, 2.45) is 16.5 Å². The van der Waals surface area contributed by atoms with Gasteiger partial charge in [0.2, 0.25) is 0 Å². The predicted molar refractivity (Wildman–Crippen MR) is 89.5 cm³/mol. The van der Waals surface area contributed by atoms with Crippen LogP contribution in [0.4, 0.5) is 0 Å². The summed E-state index contributed by atoms with van der Waals surface area (Å²) in [5.74, 6) is 1.08. The van der Waals surface area contributed by atoms with Crippen LogP contribution < -0.4 is 11.5 Å². The first-order valence-electron chi connectivity index (χ1n) is 6.63. The average molecular weight is 345 g/mol. The zero-order valence-electron chi connectivity index (χ0n) is 13.0. The summed E-state index contributed by atoms with van der Waals surface area (Å²) >= 11 is 0. The molecule has 0 radical (unpaired) electrons. The van der Waals surface area contributed by atoms with Crippen molar-refractivity contribution in [2.45, 2.75) is 11.8 Å². The highest BCUT2D eigenvalue weighted by atomic mass is 32.2. The fourth-order valence-corrected chi connectivity index (χ4v) is 2.97. The van der Waals surface area contributed by atoms with Gasteiger partial charge in [0.1, 0.15) is 0 Å². The van der Waals surface area contributed by atoms with Crippen LogP contribution in [0.5, 0.6) is 0 Å². The number of rotatable bonds is 3. The van der Waals surface area contributed by atoms with Gasteiger partial charge in [-0.15, -0.1) is 6.42 Å². The fourth-order valence-electron chi connectivity index (χ4n) is 2.09. The molecule has 0 saturated heterocycles. The topological polar surface area (TPSA) is 133 Å². The molecule has 1 heterocycles. The van der Waals surface area contributed by atoms with Crippen molar-refractivity contribution in [1.29, 1.82) is 0 Å². The molecule has 2 rings (SSSR count). The Kier molecular flexibility index (Phi) is 4.43. The van der Waals surface area contributed by atoms with Crippen LogP contribution in [0.3, 0.4) is 0 Å². The van der Waals surface area contributed by atoms with E-state index in [9.17, 15) is 13.2 Å². The minimum Gasteiger partial charge on any atom is -0.370 e. The molecule has 124 valence electrons. The number of hydrogen-bond donors (Lipinski definition) is 2. The third-order valence-corrected chi connectivity index (χ3v) is 4.23. The minimum absolute atomic E-state index is 0.0769. The normalized spacial score (nSPS) is 10.9. The highest BCUT2D eigenvalue weighted by Gasteiger charge is 2.21. The van der Waals surface area contributed by atoms with E-state index in [0.29, 0.717) is 5.69 Å². The number of terminal acetylenes is 1. The number of nitrogens with two attached hydrogens (primary N) is 2. The van der Waals surface area contributed by atoms with E-state index in [1.54, 1.807) is 13.1 Å². The summed E-state index contributed by atoms with van der Waals surface area (Å²) in [5.41, 5.74) is 11.5. The van der Waals surface area contributed by atoms with Crippen molar-refractivity contribution >= 4 is 21.7 Å². The van der Waals surface area contributed by atoms with Gasteiger partial charge < -0.3 is 16.0 Å². The second-order valence-electron chi connectivity index (χ2n) is 5.05. The number of hydrogen-bond acceptors (Lipinski definition) is 4. The molecule has 8 nitrogen and oxygen atoms in total. The lowest BCUT2D eigenvalue weighted by atomic mass is 10.1. The lowest BCUT2D eigenvalue weighted by molar-refractivity contribution is 0.100. The van der Waals surface area contributed by atoms with Crippen LogP contribution >= 0.6 is 0 Å². The third kappa shape index (κ3) is 3.44. The molecular formula is C15H15N5O3S. The lowest BCUT2D eigenvalue weighted by Crippen LogP contribution is -2.24. The monoisotopic (exact) mass is 345 g/mol. The number of aliphatic imine (C=N–C) groups is 1. The summed E-state index contributed by atoms with van der Waals surface area (Å²) in [7, 11) is -3.66. The summed E-state index contributed by atoms with van der Waals surface area (Å²) in [4.78, 5) is 19.5. The van der Waals surface area contributed by atoms with Crippen LogP contribution in [0, 0.1) is 19.3 Å². The number of amides is 1. The average Bonchev–Trinajstić information content (AvgIpc) is 2.90. The standard InChI is InChI=1S/C15H15N5O3S/c1-4-10-5-12(20-7-9(2)18-8-20)13(24(3,22)23)6-11(10)14(21)19-15(16)17/h1,5-8H,2-3H3,(H4,16,17,19,21). The van der Waals surface area contributed by atoms with E-state index in [4.69, 9.17) is 17.9 Å². The molecule has 0 aliphatic rings. The van der Waals surface area contributed by atoms with Crippen molar-refractivity contribution in [3.8, 4) is 18.0 Å². The van der Waals surface area contributed by atoms with E-state index in [1.807, 2.05) is 0 Å². The Morgan fingerprint density at radius 1 is 1.38 bits per heavy atom. The molecule has 4 N–H and O–H groups in total. The number of benzene rings is 1. The molecular weight excluding hydrogens is 330 g/mol. The Morgan fingerprint density at radius 2 is 2.04 bits per heavy atom. The van der Waals surface area contributed by atoms with Gasteiger partial charge in [-0.25, -0.2) is 13.4 Å². The first kappa shape index (κ1) is 17.2. The number of nitrogens with zero attached hydrogens (tertiary/aromatic N) is 3. The van der Waals surface area contributed by atoms with E-state index in [0.717, 1.165) is 6.26 Å². The van der Waals surface area contributed by atoms with Crippen LogP contribution in [0.2, 0.25) is 0 Å². The van der Waals surface area contributed by atoms with Crippen LogP contribution in [0.15, 0.2) is 34.5 Å². The van der Waals surface area contributed by atoms with Gasteiger partial charge in [-0.3, -0.25) is 4.79 Å². The first-order valence-corrected chi connectivity index (χ1v) is 8.52. The highest BCUT2D eigenvalue weighted by Crippen LogP contribution is 2.25. The van der Waals surface area contributed by atoms with Crippen molar-refractivity contribution < 1.29 is 13.2 Å². The molecule has 0 aliphatic heterocycles. The molecule has 0 atom stereocenters. The Balaban J connectivity index is 2.82. The molecule has 1 amide bonds. The summed E-state index contributed by atoms with van der Waals surface area (Å²) in [6.45, 7) is 1.76. The minimum atomic E-state index is -3.66. The van der Waals surface area contributed by atoms with E-state index >= 15 is 0 Å². The number of carbonyl (C=O) groups excluding carboxylic acids is 1. The molecule has 0 unspecified atom stereocenters. The van der Waals surface area contributed by atoms with Crippen molar-refractivity contribution in [3.63, 3.8) is 0 Å². The Labute approximate surface area is 139 Å². The Bertz CT molecular complexity index is 993. The predicted octanol–water partition coefficient (Wildman–Crippen LogP) is -0.0209. The molecule has 2 aromatic rings. The number of imidazole rings is 1. The van der Waals surface area contributed by atoms with Gasteiger partial charge in [-0.1, -0.05) is 5.92 Å². The summed E-state index contributed by atoms with van der Waals surface area (Å²) in [6, 6.07) is 2.58. The zero-order valence-corrected chi connectivity index (χ0v) is 13.8. The highest BCUT2D eigenvalue weighted by molar-refractivity contribution is 7.90. The van der Waals surface area contributed by atoms with E-state index in [1.165, 1.54) is 23.0 Å². The van der Waals surface area contributed by atoms with Gasteiger partial charge in [0.05, 0.1) is 28.2 Å². The second-order valence-corrected chi connectivity index (χ2v) is 7.03. The maximum Gasteiger partial charge on any atom is 0.281 e. The quantitative estimate of drug-likeness (QED) is 0.456. The van der Waals surface area contributed by atoms with Crippen LogP contribution in [0.1, 0.15) is 21.6 Å². The molecule has 0 aliphatic carbocycles. The first-order chi connectivity index (χ1) is 11.1. The zero-order chi connectivity index (χ0) is 18.1. The number of carbonyl (C=O) groups is 1. The van der Waals surface area contributed by atoms with Gasteiger partial charge in [-0.2, -0.15) is 4.99 Å². The van der Waals surface area contributed by atoms with Gasteiger partial charge in [0, 0.05) is 18.0 Å². The van der Waals surface area contributed by atoms with E-state index < -0.39 is 21.7 Å². The number of aromatic nitrogens is 2. The summed E-state index contributed by atoms with van der Waals surface area (Å²) in [5, 5.41) is 0. The molecule has 1 aromatic heterocycles. The summed E-state index contributed by atoms with van der Waals surface area (Å²) in [6.07, 6.45) is 9.57. The lowest BCUT2D eigenvalue weighted by Gasteiger charge is -2.12. The van der Waals surface area contributed by atoms with E-state index in [2.05, 4.69) is 15.9 Å². The van der Waals surface area contributed by atoms with E-state index in [-0.39, 0.29) is 21.7 Å². The fraction of sp³-hybridized carbons (Fsp3) is 0.133. The van der Waals surface area contributed by atoms with Gasteiger partial charge in [0.25, 0.3) is 5.91 Å². The van der Waals surface area contributed by atoms with Crippen LogP contribution in [0.25, 0.3) is 5.69 Å². The third-order valence-electron chi connectivity index (χ3n) is 3.10. The van der Waals surface area contributed by atoms with Crippen molar-refractivity contribution in [2.75, 3.05) is 6.26 Å². The Morgan fingerprint density at radius 3 is 2.50 bits per heavy atom. The van der Waals surface area contributed by atoms with Gasteiger partial charge >= 0.3 is 0 Å². The van der Waals surface area contributed by atoms with Gasteiger partial charge in [0.15, 0.2) is 15.8 Å². The summed E-state index contributed by atoms with van der Waals surface area (Å²) < 4.78 is 25.8. The van der Waals surface area contributed by atoms with Gasteiger partial charge in [-0.05, 0) is 19.1 Å². The largest absolute Gasteiger partial charge is 0.370 e. The molecule has 0 bridgehead atoms. The molecule has 0 fully saturated rings. The molecule has 1 aromatic carbocycles. The number of guanidine groups is 1. The molecule has 24 heavy (non-hydrogen) atoms. The smallest absolute Gasteiger partial charge is 0.281 e. The number of sulfone groups is 1. The Hall–Kier alpha value is -3.12. The number of aryl methyl sites for hydroxylation is 1. The van der Waals surface area contributed by atoms with Crippen LogP contribution in [-0.4, -0.2) is 36.1 Å².